The van der Waals surface area contributed by atoms with Crippen molar-refractivity contribution in [2.75, 3.05) is 0 Å². The van der Waals surface area contributed by atoms with Crippen LogP contribution < -0.4 is 5.32 Å². The molecule has 0 bridgehead atoms. The summed E-state index contributed by atoms with van der Waals surface area (Å²) in [6.45, 7) is 10.5. The van der Waals surface area contributed by atoms with E-state index in [4.69, 9.17) is 0 Å². The molecule has 0 saturated heterocycles. The Morgan fingerprint density at radius 1 is 1.44 bits per heavy atom. The number of aromatic nitrogens is 2. The van der Waals surface area contributed by atoms with Gasteiger partial charge in [-0.25, -0.2) is 0 Å². The van der Waals surface area contributed by atoms with Crippen LogP contribution in [0.15, 0.2) is 17.5 Å². The average Bonchev–Trinajstić information content (AvgIpc) is 2.94. The molecule has 0 aliphatic heterocycles. The summed E-state index contributed by atoms with van der Waals surface area (Å²) in [4.78, 5) is 1.38. The molecule has 98 valence electrons. The van der Waals surface area contributed by atoms with Gasteiger partial charge in [0.2, 0.25) is 0 Å². The maximum absolute atomic E-state index is 4.57. The van der Waals surface area contributed by atoms with Crippen LogP contribution >= 0.6 is 11.3 Å². The first-order chi connectivity index (χ1) is 8.63. The van der Waals surface area contributed by atoms with Crippen LogP contribution in [0.1, 0.15) is 41.7 Å². The van der Waals surface area contributed by atoms with E-state index in [1.165, 1.54) is 16.1 Å². The fourth-order valence-electron chi connectivity index (χ4n) is 2.41. The van der Waals surface area contributed by atoms with Gasteiger partial charge in [0.1, 0.15) is 0 Å². The maximum atomic E-state index is 4.57. The summed E-state index contributed by atoms with van der Waals surface area (Å²) < 4.78 is 2.08. The van der Waals surface area contributed by atoms with Crippen molar-refractivity contribution < 1.29 is 0 Å². The van der Waals surface area contributed by atoms with Gasteiger partial charge in [-0.05, 0) is 39.1 Å². The van der Waals surface area contributed by atoms with Crippen LogP contribution in [0.25, 0.3) is 0 Å². The van der Waals surface area contributed by atoms with Gasteiger partial charge < -0.3 is 5.32 Å². The molecule has 0 saturated carbocycles. The second-order valence-electron chi connectivity index (χ2n) is 4.58. The standard InChI is InChI=1S/C14H21N3S/c1-5-17-12(4)14(11(3)16-17)10(2)15-9-13-7-6-8-18-13/h6-8,10,15H,5,9H2,1-4H3. The summed E-state index contributed by atoms with van der Waals surface area (Å²) in [5, 5.41) is 10.3. The summed E-state index contributed by atoms with van der Waals surface area (Å²) in [5.41, 5.74) is 3.76. The van der Waals surface area contributed by atoms with E-state index in [9.17, 15) is 0 Å². The molecule has 1 unspecified atom stereocenters. The van der Waals surface area contributed by atoms with Gasteiger partial charge in [-0.2, -0.15) is 5.10 Å². The zero-order chi connectivity index (χ0) is 13.1. The number of hydrogen-bond acceptors (Lipinski definition) is 3. The van der Waals surface area contributed by atoms with Gasteiger partial charge in [-0.1, -0.05) is 6.07 Å². The molecule has 18 heavy (non-hydrogen) atoms. The molecule has 0 amide bonds. The van der Waals surface area contributed by atoms with Crippen LogP contribution in [0.4, 0.5) is 0 Å². The van der Waals surface area contributed by atoms with E-state index in [1.807, 2.05) is 0 Å². The van der Waals surface area contributed by atoms with E-state index in [1.54, 1.807) is 11.3 Å². The molecular weight excluding hydrogens is 242 g/mol. The zero-order valence-corrected chi connectivity index (χ0v) is 12.3. The van der Waals surface area contributed by atoms with Gasteiger partial charge in [0.15, 0.2) is 0 Å². The van der Waals surface area contributed by atoms with Crippen LogP contribution in [-0.2, 0) is 13.1 Å². The van der Waals surface area contributed by atoms with Crippen molar-refractivity contribution in [1.82, 2.24) is 15.1 Å². The third kappa shape index (κ3) is 2.65. The Hall–Kier alpha value is -1.13. The number of thiophene rings is 1. The van der Waals surface area contributed by atoms with Crippen molar-refractivity contribution in [2.45, 2.75) is 46.8 Å². The lowest BCUT2D eigenvalue weighted by Gasteiger charge is -2.14. The molecule has 2 aromatic rings. The first-order valence-electron chi connectivity index (χ1n) is 6.43. The smallest absolute Gasteiger partial charge is 0.0644 e. The van der Waals surface area contributed by atoms with Crippen molar-refractivity contribution in [1.29, 1.82) is 0 Å². The van der Waals surface area contributed by atoms with Crippen molar-refractivity contribution in [3.8, 4) is 0 Å². The van der Waals surface area contributed by atoms with Crippen molar-refractivity contribution in [3.05, 3.63) is 39.3 Å². The highest BCUT2D eigenvalue weighted by Crippen LogP contribution is 2.22. The van der Waals surface area contributed by atoms with Crippen molar-refractivity contribution >= 4 is 11.3 Å². The van der Waals surface area contributed by atoms with Crippen LogP contribution in [0, 0.1) is 13.8 Å². The monoisotopic (exact) mass is 263 g/mol. The molecule has 0 aliphatic rings. The van der Waals surface area contributed by atoms with E-state index >= 15 is 0 Å². The highest BCUT2D eigenvalue weighted by Gasteiger charge is 2.16. The minimum Gasteiger partial charge on any atom is -0.305 e. The number of aryl methyl sites for hydroxylation is 2. The van der Waals surface area contributed by atoms with Gasteiger partial charge in [-0.15, -0.1) is 11.3 Å². The second-order valence-corrected chi connectivity index (χ2v) is 5.61. The number of nitrogens with zero attached hydrogens (tertiary/aromatic N) is 2. The Morgan fingerprint density at radius 2 is 2.22 bits per heavy atom. The molecule has 1 N–H and O–H groups in total. The Kier molecular flexibility index (Phi) is 4.19. The largest absolute Gasteiger partial charge is 0.305 e. The highest BCUT2D eigenvalue weighted by atomic mass is 32.1. The minimum atomic E-state index is 0.340. The molecule has 0 aromatic carbocycles. The van der Waals surface area contributed by atoms with Gasteiger partial charge in [-0.3, -0.25) is 4.68 Å². The predicted molar refractivity (Wildman–Crippen MR) is 76.9 cm³/mol. The molecule has 0 aliphatic carbocycles. The topological polar surface area (TPSA) is 29.9 Å². The fraction of sp³-hybridized carbons (Fsp3) is 0.500. The molecule has 2 rings (SSSR count). The summed E-state index contributed by atoms with van der Waals surface area (Å²) in [7, 11) is 0. The summed E-state index contributed by atoms with van der Waals surface area (Å²) in [6, 6.07) is 4.60. The molecule has 0 spiro atoms. The molecule has 2 aromatic heterocycles. The second kappa shape index (κ2) is 5.67. The normalized spacial score (nSPS) is 12.9. The quantitative estimate of drug-likeness (QED) is 0.895. The molecule has 2 heterocycles. The molecule has 3 nitrogen and oxygen atoms in total. The summed E-state index contributed by atoms with van der Waals surface area (Å²) in [5.74, 6) is 0. The molecule has 0 fully saturated rings. The molecule has 1 atom stereocenters. The number of nitrogens with one attached hydrogen (secondary N) is 1. The first-order valence-corrected chi connectivity index (χ1v) is 7.31. The number of hydrogen-bond donors (Lipinski definition) is 1. The van der Waals surface area contributed by atoms with Crippen molar-refractivity contribution in [3.63, 3.8) is 0 Å². The van der Waals surface area contributed by atoms with Gasteiger partial charge in [0.25, 0.3) is 0 Å². The average molecular weight is 263 g/mol. The lowest BCUT2D eigenvalue weighted by molar-refractivity contribution is 0.570. The van der Waals surface area contributed by atoms with E-state index in [2.05, 4.69) is 60.3 Å². The highest BCUT2D eigenvalue weighted by molar-refractivity contribution is 7.09. The SMILES string of the molecule is CCn1nc(C)c(C(C)NCc2cccs2)c1C. The van der Waals surface area contributed by atoms with Crippen molar-refractivity contribution in [2.24, 2.45) is 0 Å². The van der Waals surface area contributed by atoms with E-state index < -0.39 is 0 Å². The summed E-state index contributed by atoms with van der Waals surface area (Å²) in [6.07, 6.45) is 0. The number of rotatable bonds is 5. The van der Waals surface area contributed by atoms with Crippen LogP contribution in [0.3, 0.4) is 0 Å². The Bertz CT molecular complexity index is 499. The maximum Gasteiger partial charge on any atom is 0.0644 e. The van der Waals surface area contributed by atoms with Gasteiger partial charge in [0.05, 0.1) is 5.69 Å². The summed E-state index contributed by atoms with van der Waals surface area (Å²) >= 11 is 1.79. The van der Waals surface area contributed by atoms with Gasteiger partial charge >= 0.3 is 0 Å². The minimum absolute atomic E-state index is 0.340. The first kappa shape index (κ1) is 13.3. The van der Waals surface area contributed by atoms with Crippen LogP contribution in [0.2, 0.25) is 0 Å². The van der Waals surface area contributed by atoms with E-state index in [0.29, 0.717) is 6.04 Å². The Balaban J connectivity index is 2.08. The predicted octanol–water partition coefficient (Wildman–Crippen LogP) is 3.43. The Labute approximate surface area is 113 Å². The van der Waals surface area contributed by atoms with E-state index in [0.717, 1.165) is 18.8 Å². The molecule has 0 radical (unpaired) electrons. The third-order valence-corrected chi connectivity index (χ3v) is 4.21. The van der Waals surface area contributed by atoms with Gasteiger partial charge in [0, 0.05) is 35.3 Å². The molecule has 4 heteroatoms. The molecular formula is C14H21N3S. The van der Waals surface area contributed by atoms with E-state index in [-0.39, 0.29) is 0 Å². The lowest BCUT2D eigenvalue weighted by atomic mass is 10.1. The Morgan fingerprint density at radius 3 is 2.78 bits per heavy atom. The van der Waals surface area contributed by atoms with Crippen LogP contribution in [-0.4, -0.2) is 9.78 Å². The zero-order valence-electron chi connectivity index (χ0n) is 11.5. The third-order valence-electron chi connectivity index (χ3n) is 3.33. The lowest BCUT2D eigenvalue weighted by Crippen LogP contribution is -2.18. The van der Waals surface area contributed by atoms with Crippen LogP contribution in [0.5, 0.6) is 0 Å². The fourth-order valence-corrected chi connectivity index (χ4v) is 3.07.